The number of halogens is 3. The van der Waals surface area contributed by atoms with Crippen molar-refractivity contribution in [3.05, 3.63) is 29.6 Å². The van der Waals surface area contributed by atoms with Crippen molar-refractivity contribution in [2.45, 2.75) is 12.3 Å². The maximum atomic E-state index is 12.1. The molecule has 4 nitrogen and oxygen atoms in total. The van der Waals surface area contributed by atoms with Crippen molar-refractivity contribution in [2.24, 2.45) is 0 Å². The molecule has 1 atom stereocenters. The standard InChI is InChI=1S/C9H8F3NO3/c1-16-8(15)5-2-3-6(13-4-5)7(14)9(10,11)12/h2-4,7,14H,1H3/t7-/m0/s1. The van der Waals surface area contributed by atoms with E-state index < -0.39 is 23.9 Å². The Balaban J connectivity index is 2.91. The number of aliphatic hydroxyl groups excluding tert-OH is 1. The predicted molar refractivity (Wildman–Crippen MR) is 46.6 cm³/mol. The molecule has 0 aliphatic rings. The van der Waals surface area contributed by atoms with Crippen LogP contribution in [0.2, 0.25) is 0 Å². The highest BCUT2D eigenvalue weighted by molar-refractivity contribution is 5.88. The number of nitrogens with zero attached hydrogens (tertiary/aromatic N) is 1. The van der Waals surface area contributed by atoms with E-state index in [1.54, 1.807) is 0 Å². The van der Waals surface area contributed by atoms with Gasteiger partial charge in [0.05, 0.1) is 18.4 Å². The maximum absolute atomic E-state index is 12.1. The summed E-state index contributed by atoms with van der Waals surface area (Å²) in [5, 5.41) is 8.84. The third-order valence-electron chi connectivity index (χ3n) is 1.80. The molecular formula is C9H8F3NO3. The molecule has 0 radical (unpaired) electrons. The second-order valence-corrected chi connectivity index (χ2v) is 2.91. The van der Waals surface area contributed by atoms with Gasteiger partial charge in [-0.05, 0) is 12.1 Å². The fourth-order valence-electron chi connectivity index (χ4n) is 0.973. The van der Waals surface area contributed by atoms with E-state index in [1.807, 2.05) is 0 Å². The van der Waals surface area contributed by atoms with Crippen molar-refractivity contribution in [1.29, 1.82) is 0 Å². The minimum atomic E-state index is -4.78. The van der Waals surface area contributed by atoms with Crippen molar-refractivity contribution in [1.82, 2.24) is 4.98 Å². The maximum Gasteiger partial charge on any atom is 0.420 e. The van der Waals surface area contributed by atoms with E-state index in [0.717, 1.165) is 25.4 Å². The number of alkyl halides is 3. The van der Waals surface area contributed by atoms with Gasteiger partial charge in [-0.25, -0.2) is 4.79 Å². The quantitative estimate of drug-likeness (QED) is 0.788. The molecule has 0 saturated heterocycles. The summed E-state index contributed by atoms with van der Waals surface area (Å²) in [5.74, 6) is -0.708. The van der Waals surface area contributed by atoms with Gasteiger partial charge in [0.15, 0.2) is 6.10 Å². The largest absolute Gasteiger partial charge is 0.465 e. The molecule has 1 aromatic heterocycles. The van der Waals surface area contributed by atoms with Crippen LogP contribution >= 0.6 is 0 Å². The van der Waals surface area contributed by atoms with Gasteiger partial charge >= 0.3 is 12.1 Å². The summed E-state index contributed by atoms with van der Waals surface area (Å²) in [6.07, 6.45) is -6.52. The molecule has 88 valence electrons. The van der Waals surface area contributed by atoms with Crippen LogP contribution in [0.25, 0.3) is 0 Å². The Morgan fingerprint density at radius 3 is 2.50 bits per heavy atom. The van der Waals surface area contributed by atoms with Crippen LogP contribution in [0.1, 0.15) is 22.2 Å². The van der Waals surface area contributed by atoms with E-state index in [0.29, 0.717) is 0 Å². The van der Waals surface area contributed by atoms with Crippen molar-refractivity contribution < 1.29 is 27.8 Å². The zero-order chi connectivity index (χ0) is 12.3. The lowest BCUT2D eigenvalue weighted by Gasteiger charge is -2.13. The van der Waals surface area contributed by atoms with Gasteiger partial charge < -0.3 is 9.84 Å². The van der Waals surface area contributed by atoms with Gasteiger partial charge in [0.2, 0.25) is 0 Å². The summed E-state index contributed by atoms with van der Waals surface area (Å²) >= 11 is 0. The van der Waals surface area contributed by atoms with Gasteiger partial charge in [-0.15, -0.1) is 0 Å². The van der Waals surface area contributed by atoms with Crippen LogP contribution < -0.4 is 0 Å². The van der Waals surface area contributed by atoms with Crippen molar-refractivity contribution >= 4 is 5.97 Å². The molecular weight excluding hydrogens is 227 g/mol. The lowest BCUT2D eigenvalue weighted by molar-refractivity contribution is -0.207. The van der Waals surface area contributed by atoms with Crippen LogP contribution in [-0.2, 0) is 4.74 Å². The van der Waals surface area contributed by atoms with E-state index in [-0.39, 0.29) is 5.56 Å². The smallest absolute Gasteiger partial charge is 0.420 e. The zero-order valence-electron chi connectivity index (χ0n) is 8.15. The highest BCUT2D eigenvalue weighted by Gasteiger charge is 2.40. The summed E-state index contributed by atoms with van der Waals surface area (Å²) in [5.41, 5.74) is -0.555. The van der Waals surface area contributed by atoms with E-state index in [9.17, 15) is 18.0 Å². The lowest BCUT2D eigenvalue weighted by atomic mass is 10.2. The van der Waals surface area contributed by atoms with Gasteiger partial charge in [0.25, 0.3) is 0 Å². The number of carbonyl (C=O) groups is 1. The summed E-state index contributed by atoms with van der Waals surface area (Å²) in [6, 6.07) is 2.02. The number of carbonyl (C=O) groups excluding carboxylic acids is 1. The first-order chi connectivity index (χ1) is 7.36. The predicted octanol–water partition coefficient (Wildman–Crippen LogP) is 1.46. The average molecular weight is 235 g/mol. The highest BCUT2D eigenvalue weighted by Crippen LogP contribution is 2.31. The number of methoxy groups -OCH3 is 1. The summed E-state index contributed by atoms with van der Waals surface area (Å²) in [4.78, 5) is 14.3. The molecule has 1 aromatic rings. The molecule has 16 heavy (non-hydrogen) atoms. The van der Waals surface area contributed by atoms with E-state index >= 15 is 0 Å². The van der Waals surface area contributed by atoms with Crippen molar-refractivity contribution in [3.8, 4) is 0 Å². The summed E-state index contributed by atoms with van der Waals surface area (Å²) in [6.45, 7) is 0. The Hall–Kier alpha value is -1.63. The fourth-order valence-corrected chi connectivity index (χ4v) is 0.973. The third kappa shape index (κ3) is 2.69. The van der Waals surface area contributed by atoms with Crippen LogP contribution in [0.15, 0.2) is 18.3 Å². The van der Waals surface area contributed by atoms with Gasteiger partial charge in [0.1, 0.15) is 0 Å². The SMILES string of the molecule is COC(=O)c1ccc([C@H](O)C(F)(F)F)nc1. The minimum Gasteiger partial charge on any atom is -0.465 e. The van der Waals surface area contributed by atoms with E-state index in [2.05, 4.69) is 9.72 Å². The molecule has 0 spiro atoms. The normalized spacial score (nSPS) is 13.3. The van der Waals surface area contributed by atoms with Crippen LogP contribution in [0.4, 0.5) is 13.2 Å². The van der Waals surface area contributed by atoms with Crippen LogP contribution in [-0.4, -0.2) is 29.3 Å². The number of hydrogen-bond donors (Lipinski definition) is 1. The van der Waals surface area contributed by atoms with Crippen molar-refractivity contribution in [2.75, 3.05) is 7.11 Å². The number of pyridine rings is 1. The Bertz CT molecular complexity index is 375. The summed E-state index contributed by atoms with van der Waals surface area (Å²) in [7, 11) is 1.14. The number of aromatic nitrogens is 1. The van der Waals surface area contributed by atoms with Gasteiger partial charge in [-0.2, -0.15) is 13.2 Å². The van der Waals surface area contributed by atoms with Crippen LogP contribution in [0, 0.1) is 0 Å². The van der Waals surface area contributed by atoms with Gasteiger partial charge in [-0.3, -0.25) is 4.98 Å². The van der Waals surface area contributed by atoms with Gasteiger partial charge in [-0.1, -0.05) is 0 Å². The third-order valence-corrected chi connectivity index (χ3v) is 1.80. The minimum absolute atomic E-state index is 0.0145. The van der Waals surface area contributed by atoms with Gasteiger partial charge in [0, 0.05) is 6.20 Å². The molecule has 7 heteroatoms. The number of rotatable bonds is 2. The van der Waals surface area contributed by atoms with Crippen molar-refractivity contribution in [3.63, 3.8) is 0 Å². The molecule has 0 bridgehead atoms. The average Bonchev–Trinajstić information content (AvgIpc) is 2.26. The Morgan fingerprint density at radius 1 is 1.50 bits per heavy atom. The monoisotopic (exact) mass is 235 g/mol. The molecule has 0 unspecified atom stereocenters. The molecule has 0 saturated carbocycles. The molecule has 0 amide bonds. The first kappa shape index (κ1) is 12.4. The molecule has 0 aliphatic heterocycles. The zero-order valence-corrected chi connectivity index (χ0v) is 8.15. The molecule has 1 N–H and O–H groups in total. The lowest BCUT2D eigenvalue weighted by Crippen LogP contribution is -2.21. The number of ether oxygens (including phenoxy) is 1. The number of esters is 1. The van der Waals surface area contributed by atoms with Crippen LogP contribution in [0.5, 0.6) is 0 Å². The second-order valence-electron chi connectivity index (χ2n) is 2.91. The highest BCUT2D eigenvalue weighted by atomic mass is 19.4. The fraction of sp³-hybridized carbons (Fsp3) is 0.333. The van der Waals surface area contributed by atoms with E-state index in [1.165, 1.54) is 0 Å². The topological polar surface area (TPSA) is 59.4 Å². The molecule has 0 aliphatic carbocycles. The first-order valence-corrected chi connectivity index (χ1v) is 4.15. The first-order valence-electron chi connectivity index (χ1n) is 4.15. The van der Waals surface area contributed by atoms with Crippen LogP contribution in [0.3, 0.4) is 0 Å². The summed E-state index contributed by atoms with van der Waals surface area (Å²) < 4.78 is 40.6. The molecule has 0 fully saturated rings. The number of hydrogen-bond acceptors (Lipinski definition) is 4. The number of aliphatic hydroxyl groups is 1. The second kappa shape index (κ2) is 4.48. The molecule has 1 heterocycles. The van der Waals surface area contributed by atoms with E-state index in [4.69, 9.17) is 5.11 Å². The Morgan fingerprint density at radius 2 is 2.12 bits per heavy atom. The Kier molecular flexibility index (Phi) is 3.48. The molecule has 0 aromatic carbocycles. The Labute approximate surface area is 88.7 Å². The molecule has 1 rings (SSSR count).